The van der Waals surface area contributed by atoms with Crippen LogP contribution in [0.2, 0.25) is 0 Å². The van der Waals surface area contributed by atoms with Crippen molar-refractivity contribution in [1.82, 2.24) is 18.5 Å². The normalized spacial score (nSPS) is 11.6. The van der Waals surface area contributed by atoms with Crippen LogP contribution in [0.3, 0.4) is 0 Å². The number of nitrogens with zero attached hydrogens (tertiary/aromatic N) is 3. The highest BCUT2D eigenvalue weighted by molar-refractivity contribution is 7.87. The number of carboxylic acids is 1. The number of aromatic carboxylic acids is 1. The second-order valence-electron chi connectivity index (χ2n) is 7.25. The van der Waals surface area contributed by atoms with Crippen molar-refractivity contribution < 1.29 is 27.3 Å². The van der Waals surface area contributed by atoms with Crippen LogP contribution in [0.5, 0.6) is 0 Å². The third kappa shape index (κ3) is 10.9. The van der Waals surface area contributed by atoms with Crippen LogP contribution in [0.1, 0.15) is 48.0 Å². The molecule has 0 saturated carbocycles. The lowest BCUT2D eigenvalue weighted by Crippen LogP contribution is -2.32. The van der Waals surface area contributed by atoms with Crippen LogP contribution in [0.4, 0.5) is 0 Å². The molecule has 12 nitrogen and oxygen atoms in total. The number of rotatable bonds is 10. The first-order valence-corrected chi connectivity index (χ1v) is 14.1. The number of carbonyl (C=O) groups is 2. The zero-order chi connectivity index (χ0) is 28.8. The Balaban J connectivity index is 0.000000997. The monoisotopic (exact) mass is 558 g/mol. The van der Waals surface area contributed by atoms with Gasteiger partial charge in [0.15, 0.2) is 16.9 Å². The smallest absolute Gasteiger partial charge is 0.354 e. The molecule has 37 heavy (non-hydrogen) atoms. The van der Waals surface area contributed by atoms with Gasteiger partial charge in [0.05, 0.1) is 0 Å². The van der Waals surface area contributed by atoms with Gasteiger partial charge < -0.3 is 15.3 Å². The average Bonchev–Trinajstić information content (AvgIpc) is 3.33. The lowest BCUT2D eigenvalue weighted by atomic mass is 10.0. The molecule has 1 aromatic carbocycles. The van der Waals surface area contributed by atoms with Gasteiger partial charge >= 0.3 is 16.2 Å². The second-order valence-corrected chi connectivity index (χ2v) is 9.80. The number of benzene rings is 1. The number of carboxylic acid groups (broad SMARTS) is 1. The minimum absolute atomic E-state index is 0.174. The van der Waals surface area contributed by atoms with Gasteiger partial charge in [-0.3, -0.25) is 9.10 Å². The van der Waals surface area contributed by atoms with Gasteiger partial charge in [0.2, 0.25) is 0 Å². The highest BCUT2D eigenvalue weighted by Gasteiger charge is 2.23. The Morgan fingerprint density at radius 3 is 2.16 bits per heavy atom. The van der Waals surface area contributed by atoms with E-state index in [4.69, 9.17) is 10.3 Å². The van der Waals surface area contributed by atoms with E-state index >= 15 is 0 Å². The maximum atomic E-state index is 12.3. The van der Waals surface area contributed by atoms with Gasteiger partial charge in [-0.15, -0.1) is 0 Å². The highest BCUT2D eigenvalue weighted by Crippen LogP contribution is 2.26. The summed E-state index contributed by atoms with van der Waals surface area (Å²) in [6.45, 7) is 7.20. The molecule has 2 rings (SSSR count). The summed E-state index contributed by atoms with van der Waals surface area (Å²) >= 11 is -1.37. The van der Waals surface area contributed by atoms with Crippen molar-refractivity contribution in [3.63, 3.8) is 0 Å². The third-order valence-corrected chi connectivity index (χ3v) is 6.19. The average molecular weight is 559 g/mol. The van der Waals surface area contributed by atoms with Crippen LogP contribution >= 0.6 is 0 Å². The third-order valence-electron chi connectivity index (χ3n) is 4.65. The van der Waals surface area contributed by atoms with E-state index < -0.39 is 33.0 Å². The van der Waals surface area contributed by atoms with Gasteiger partial charge in [0.1, 0.15) is 0 Å². The van der Waals surface area contributed by atoms with E-state index in [1.54, 1.807) is 56.5 Å². The van der Waals surface area contributed by atoms with Crippen molar-refractivity contribution in [3.05, 3.63) is 60.1 Å². The van der Waals surface area contributed by atoms with Crippen LogP contribution in [-0.4, -0.2) is 77.0 Å². The summed E-state index contributed by atoms with van der Waals surface area (Å²) in [5, 5.41) is 22.4. The number of likely N-dealkylation sites (N-methyl/N-ethyl adjacent to an activating group) is 2. The van der Waals surface area contributed by atoms with Gasteiger partial charge in [-0.25, -0.2) is 23.3 Å². The maximum absolute atomic E-state index is 12.3. The zero-order valence-corrected chi connectivity index (χ0v) is 23.7. The number of hydrogen-bond donors (Lipinski definition) is 4. The highest BCUT2D eigenvalue weighted by atomic mass is 32.2. The Morgan fingerprint density at radius 1 is 1.16 bits per heavy atom. The minimum Gasteiger partial charge on any atom is -0.477 e. The van der Waals surface area contributed by atoms with Gasteiger partial charge in [-0.1, -0.05) is 39.0 Å². The molecule has 0 aliphatic carbocycles. The molecule has 1 amide bonds. The molecule has 14 heteroatoms. The van der Waals surface area contributed by atoms with Gasteiger partial charge in [0.25, 0.3) is 5.91 Å². The Bertz CT molecular complexity index is 1160. The lowest BCUT2D eigenvalue weighted by Gasteiger charge is -2.17. The molecular formula is C23H38N6O6S2. The van der Waals surface area contributed by atoms with Crippen molar-refractivity contribution in [2.45, 2.75) is 27.2 Å². The second kappa shape index (κ2) is 16.7. The molecule has 1 heterocycles. The van der Waals surface area contributed by atoms with Crippen molar-refractivity contribution in [1.29, 1.82) is 0 Å². The van der Waals surface area contributed by atoms with Crippen molar-refractivity contribution in [3.8, 4) is 11.1 Å². The fourth-order valence-corrected chi connectivity index (χ4v) is 3.64. The summed E-state index contributed by atoms with van der Waals surface area (Å²) < 4.78 is 35.4. The van der Waals surface area contributed by atoms with Crippen molar-refractivity contribution in [2.24, 2.45) is 10.3 Å². The molecule has 0 bridgehead atoms. The number of allylic oxidation sites excluding steroid dienone is 1. The predicted octanol–water partition coefficient (Wildman–Crippen LogP) is 1.60. The van der Waals surface area contributed by atoms with E-state index in [2.05, 4.69) is 5.32 Å². The lowest BCUT2D eigenvalue weighted by molar-refractivity contribution is 0.0689. The van der Waals surface area contributed by atoms with Crippen LogP contribution in [-0.2, 0) is 21.4 Å². The Morgan fingerprint density at radius 2 is 1.73 bits per heavy atom. The van der Waals surface area contributed by atoms with E-state index in [1.807, 2.05) is 26.8 Å². The summed E-state index contributed by atoms with van der Waals surface area (Å²) in [7, 11) is 0.906. The predicted molar refractivity (Wildman–Crippen MR) is 147 cm³/mol. The van der Waals surface area contributed by atoms with Crippen LogP contribution in [0.15, 0.2) is 48.8 Å². The molecule has 208 valence electrons. The fourth-order valence-electron chi connectivity index (χ4n) is 2.78. The molecular weight excluding hydrogens is 520 g/mol. The topological polar surface area (TPSA) is 181 Å². The summed E-state index contributed by atoms with van der Waals surface area (Å²) in [5.41, 5.74) is 0.626. The Hall–Kier alpha value is -3.04. The molecule has 1 atom stereocenters. The standard InChI is InChI=1S/C16H20N4O5S.C5H12N2OS.C2H6/c1-18-8-10-19(2)15(21)12-5-3-11(4-6-12)13-7-9-20(26(17,24)25)14(13)16(22)23;1-3-4-5-7(2)9(6)8;1-2/h3-7,9,18H,8,10H2,1-2H3,(H,22,23)(H2,17,24,25);4-5H,3,6H2,1-2H3;1-2H3/b;5-4-;. The summed E-state index contributed by atoms with van der Waals surface area (Å²) in [5.74, 6) is -1.60. The largest absolute Gasteiger partial charge is 0.477 e. The number of nitrogens with two attached hydrogens (primary N) is 2. The maximum Gasteiger partial charge on any atom is 0.354 e. The van der Waals surface area contributed by atoms with E-state index in [9.17, 15) is 27.3 Å². The summed E-state index contributed by atoms with van der Waals surface area (Å²) in [4.78, 5) is 25.4. The number of aromatic nitrogens is 1. The molecule has 0 spiro atoms. The molecule has 0 saturated heterocycles. The zero-order valence-electron chi connectivity index (χ0n) is 22.0. The molecule has 6 N–H and O–H groups in total. The molecule has 0 radical (unpaired) electrons. The van der Waals surface area contributed by atoms with Crippen molar-refractivity contribution >= 4 is 33.3 Å². The van der Waals surface area contributed by atoms with E-state index in [0.29, 0.717) is 28.2 Å². The quantitative estimate of drug-likeness (QED) is 0.341. The molecule has 1 unspecified atom stereocenters. The van der Waals surface area contributed by atoms with Crippen molar-refractivity contribution in [2.75, 3.05) is 34.2 Å². The number of amides is 1. The number of hydrogen-bond acceptors (Lipinski definition) is 6. The molecule has 0 aliphatic rings. The van der Waals surface area contributed by atoms with E-state index in [-0.39, 0.29) is 11.5 Å². The first kappa shape index (κ1) is 34.0. The van der Waals surface area contributed by atoms with E-state index in [1.165, 1.54) is 10.4 Å². The molecule has 0 aliphatic heterocycles. The fraction of sp³-hybridized carbons (Fsp3) is 0.391. The SMILES string of the molecule is CC.CC/C=C\N(C)S(N)=O.CNCCN(C)C(=O)c1ccc(-c2ccn(S(N)(=O)=O)c2C(=O)O)cc1. The number of nitrogens with one attached hydrogen (secondary N) is 1. The first-order chi connectivity index (χ1) is 17.3. The van der Waals surface area contributed by atoms with Crippen LogP contribution in [0, 0.1) is 0 Å². The number of carbonyl (C=O) groups excluding carboxylic acids is 1. The van der Waals surface area contributed by atoms with Gasteiger partial charge in [-0.05, 0) is 37.2 Å². The van der Waals surface area contributed by atoms with E-state index in [0.717, 1.165) is 12.6 Å². The van der Waals surface area contributed by atoms with Gasteiger partial charge in [0, 0.05) is 50.7 Å². The Labute approximate surface area is 221 Å². The molecule has 0 fully saturated rings. The minimum atomic E-state index is -4.24. The van der Waals surface area contributed by atoms with Gasteiger partial charge in [-0.2, -0.15) is 8.42 Å². The Kier molecular flexibility index (Phi) is 15.3. The summed E-state index contributed by atoms with van der Waals surface area (Å²) in [6.07, 6.45) is 5.61. The molecule has 1 aromatic heterocycles. The van der Waals surface area contributed by atoms with Crippen LogP contribution < -0.4 is 15.6 Å². The first-order valence-electron chi connectivity index (χ1n) is 11.4. The summed E-state index contributed by atoms with van der Waals surface area (Å²) in [6, 6.07) is 7.60. The molecule has 2 aromatic rings. The van der Waals surface area contributed by atoms with Crippen LogP contribution in [0.25, 0.3) is 11.1 Å².